The Kier molecular flexibility index (Phi) is 20.2. The number of hydrogen-bond donors (Lipinski definition) is 3. The molecule has 0 atom stereocenters. The largest absolute Gasteiger partial charge is 0.448 e. The maximum atomic E-state index is 11.0. The molecule has 132 valence electrons. The van der Waals surface area contributed by atoms with Crippen molar-refractivity contribution < 1.29 is 9.53 Å². The van der Waals surface area contributed by atoms with Gasteiger partial charge in [-0.3, -0.25) is 0 Å². The molecule has 5 nitrogen and oxygen atoms in total. The van der Waals surface area contributed by atoms with E-state index in [1.54, 1.807) is 10.8 Å². The molecule has 0 aromatic carbocycles. The number of carbonyl (C=O) groups is 1. The summed E-state index contributed by atoms with van der Waals surface area (Å²) in [6, 6.07) is 0. The summed E-state index contributed by atoms with van der Waals surface area (Å²) in [4.78, 5) is 11.0. The number of amides is 1. The highest BCUT2D eigenvalue weighted by Crippen LogP contribution is 2.22. The van der Waals surface area contributed by atoms with Crippen LogP contribution in [0.3, 0.4) is 0 Å². The molecule has 0 spiro atoms. The summed E-state index contributed by atoms with van der Waals surface area (Å²) in [6.07, 6.45) is 11.5. The zero-order valence-corrected chi connectivity index (χ0v) is 17.1. The summed E-state index contributed by atoms with van der Waals surface area (Å²) in [5, 5.41) is 0. The Labute approximate surface area is 156 Å². The van der Waals surface area contributed by atoms with E-state index in [9.17, 15) is 4.79 Å². The van der Waals surface area contributed by atoms with Crippen molar-refractivity contribution in [2.75, 3.05) is 24.7 Å². The van der Waals surface area contributed by atoms with Crippen LogP contribution in [0.5, 0.6) is 0 Å². The topological polar surface area (TPSA) is 76.4 Å². The van der Waals surface area contributed by atoms with Crippen LogP contribution in [0.15, 0.2) is 0 Å². The average Bonchev–Trinajstić information content (AvgIpc) is 2.51. The predicted octanol–water partition coefficient (Wildman–Crippen LogP) is 4.42. The van der Waals surface area contributed by atoms with Gasteiger partial charge in [0.1, 0.15) is 6.61 Å². The van der Waals surface area contributed by atoms with E-state index >= 15 is 0 Å². The summed E-state index contributed by atoms with van der Waals surface area (Å²) in [7, 11) is 3.64. The van der Waals surface area contributed by atoms with Crippen molar-refractivity contribution in [1.29, 1.82) is 0 Å². The smallest absolute Gasteiger partial charge is 0.422 e. The van der Waals surface area contributed by atoms with Gasteiger partial charge >= 0.3 is 6.09 Å². The molecular weight excluding hydrogens is 433 g/mol. The normalized spacial score (nSPS) is 10.6. The number of rotatable bonds is 16. The van der Waals surface area contributed by atoms with Gasteiger partial charge in [0.05, 0.1) is 0 Å². The molecule has 0 heterocycles. The first kappa shape index (κ1) is 22.6. The Bertz CT molecular complexity index is 252. The van der Waals surface area contributed by atoms with Crippen molar-refractivity contribution in [3.8, 4) is 0 Å². The molecule has 0 rings (SSSR count). The third kappa shape index (κ3) is 18.7. The fourth-order valence-electron chi connectivity index (χ4n) is 1.90. The number of nitrogens with two attached hydrogens (primary N) is 1. The highest BCUT2D eigenvalue weighted by molar-refractivity contribution is 14.1. The van der Waals surface area contributed by atoms with Gasteiger partial charge in [-0.25, -0.2) is 10.2 Å². The van der Waals surface area contributed by atoms with Gasteiger partial charge in [0.25, 0.3) is 0 Å². The number of hydrogen-bond acceptors (Lipinski definition) is 6. The van der Waals surface area contributed by atoms with Gasteiger partial charge in [-0.15, -0.1) is 0 Å². The lowest BCUT2D eigenvalue weighted by atomic mass is 10.1. The molecule has 8 heteroatoms. The SMILES string of the molecule is NCCCCCCCCCCCSSCCOC(=O)NNI. The standard InChI is InChI=1S/C14H30IN3O2S2/c15-18-17-14(19)20-11-13-22-21-12-9-7-5-3-1-2-4-6-8-10-16/h18H,1-13,16H2,(H,17,19). The van der Waals surface area contributed by atoms with Gasteiger partial charge in [-0.05, 0) is 19.4 Å². The molecule has 22 heavy (non-hydrogen) atoms. The summed E-state index contributed by atoms with van der Waals surface area (Å²) >= 11 is 1.83. The lowest BCUT2D eigenvalue weighted by molar-refractivity contribution is 0.152. The van der Waals surface area contributed by atoms with E-state index in [4.69, 9.17) is 10.5 Å². The number of unbranched alkanes of at least 4 members (excludes halogenated alkanes) is 8. The van der Waals surface area contributed by atoms with Gasteiger partial charge in [0.2, 0.25) is 0 Å². The van der Waals surface area contributed by atoms with Gasteiger partial charge < -0.3 is 10.5 Å². The van der Waals surface area contributed by atoms with E-state index in [2.05, 4.69) is 9.06 Å². The second-order valence-corrected chi connectivity index (χ2v) is 8.21. The van der Waals surface area contributed by atoms with Crippen molar-refractivity contribution in [1.82, 2.24) is 9.06 Å². The highest BCUT2D eigenvalue weighted by Gasteiger charge is 1.99. The second kappa shape index (κ2) is 19.7. The number of halogens is 1. The molecule has 0 unspecified atom stereocenters. The minimum Gasteiger partial charge on any atom is -0.448 e. The van der Waals surface area contributed by atoms with Crippen molar-refractivity contribution in [2.24, 2.45) is 5.73 Å². The molecule has 0 aliphatic rings. The summed E-state index contributed by atoms with van der Waals surface area (Å²) in [6.45, 7) is 1.29. The summed E-state index contributed by atoms with van der Waals surface area (Å²) in [5.74, 6) is 2.02. The minimum atomic E-state index is -0.428. The molecule has 0 radical (unpaired) electrons. The fourth-order valence-corrected chi connectivity index (χ4v) is 4.10. The van der Waals surface area contributed by atoms with Crippen LogP contribution in [0.25, 0.3) is 0 Å². The third-order valence-corrected chi connectivity index (χ3v) is 5.79. The van der Waals surface area contributed by atoms with Crippen LogP contribution in [-0.4, -0.2) is 30.8 Å². The van der Waals surface area contributed by atoms with E-state index in [1.165, 1.54) is 63.5 Å². The number of nitrogens with one attached hydrogen (secondary N) is 2. The minimum absolute atomic E-state index is 0.428. The van der Waals surface area contributed by atoms with Crippen LogP contribution in [0.2, 0.25) is 0 Å². The first-order valence-corrected chi connectivity index (χ1v) is 11.6. The van der Waals surface area contributed by atoms with Crippen LogP contribution in [0, 0.1) is 0 Å². The zero-order chi connectivity index (χ0) is 16.3. The first-order chi connectivity index (χ1) is 10.8. The second-order valence-electron chi connectivity index (χ2n) is 4.97. The van der Waals surface area contributed by atoms with E-state index in [0.717, 1.165) is 12.3 Å². The van der Waals surface area contributed by atoms with Crippen LogP contribution >= 0.6 is 44.5 Å². The summed E-state index contributed by atoms with van der Waals surface area (Å²) < 4.78 is 7.43. The molecule has 0 saturated carbocycles. The predicted molar refractivity (Wildman–Crippen MR) is 107 cm³/mol. The molecular formula is C14H30IN3O2S2. The molecule has 0 aromatic heterocycles. The van der Waals surface area contributed by atoms with Crippen LogP contribution in [0.1, 0.15) is 57.8 Å². The molecule has 4 N–H and O–H groups in total. The van der Waals surface area contributed by atoms with Crippen LogP contribution < -0.4 is 14.8 Å². The number of hydrazine groups is 1. The molecule has 0 aliphatic heterocycles. The Balaban J connectivity index is 3.01. The van der Waals surface area contributed by atoms with Gasteiger partial charge in [-0.2, -0.15) is 3.64 Å². The molecule has 0 fully saturated rings. The van der Waals surface area contributed by atoms with Crippen LogP contribution in [-0.2, 0) is 4.74 Å². The monoisotopic (exact) mass is 463 g/mol. The van der Waals surface area contributed by atoms with Crippen molar-refractivity contribution >= 4 is 50.5 Å². The fraction of sp³-hybridized carbons (Fsp3) is 0.929. The zero-order valence-electron chi connectivity index (χ0n) is 13.3. The molecule has 0 aromatic rings. The van der Waals surface area contributed by atoms with Crippen molar-refractivity contribution in [2.45, 2.75) is 57.8 Å². The Morgan fingerprint density at radius 2 is 1.45 bits per heavy atom. The van der Waals surface area contributed by atoms with Crippen molar-refractivity contribution in [3.05, 3.63) is 0 Å². The maximum Gasteiger partial charge on any atom is 0.422 e. The van der Waals surface area contributed by atoms with Crippen molar-refractivity contribution in [3.63, 3.8) is 0 Å². The third-order valence-electron chi connectivity index (χ3n) is 3.06. The maximum absolute atomic E-state index is 11.0. The number of ether oxygens (including phenoxy) is 1. The molecule has 1 amide bonds. The molecule has 0 saturated heterocycles. The first-order valence-electron chi connectivity index (χ1n) is 8.04. The number of carbonyl (C=O) groups excluding carboxylic acids is 1. The lowest BCUT2D eigenvalue weighted by Gasteiger charge is -2.05. The van der Waals surface area contributed by atoms with E-state index in [-0.39, 0.29) is 0 Å². The molecule has 0 aliphatic carbocycles. The summed E-state index contributed by atoms with van der Waals surface area (Å²) in [5.41, 5.74) is 7.82. The average molecular weight is 463 g/mol. The van der Waals surface area contributed by atoms with Crippen LogP contribution in [0.4, 0.5) is 4.79 Å². The Morgan fingerprint density at radius 3 is 2.05 bits per heavy atom. The van der Waals surface area contributed by atoms with Gasteiger partial charge in [0.15, 0.2) is 0 Å². The Morgan fingerprint density at radius 1 is 0.909 bits per heavy atom. The quantitative estimate of drug-likeness (QED) is 0.103. The van der Waals surface area contributed by atoms with E-state index in [0.29, 0.717) is 6.61 Å². The van der Waals surface area contributed by atoms with Gasteiger partial charge in [-0.1, -0.05) is 66.5 Å². The Hall–Kier alpha value is 0.620. The molecule has 0 bridgehead atoms. The van der Waals surface area contributed by atoms with E-state index < -0.39 is 6.09 Å². The van der Waals surface area contributed by atoms with Gasteiger partial charge in [0, 0.05) is 34.4 Å². The van der Waals surface area contributed by atoms with E-state index in [1.807, 2.05) is 33.7 Å². The highest BCUT2D eigenvalue weighted by atomic mass is 127. The lowest BCUT2D eigenvalue weighted by Crippen LogP contribution is -2.31.